The molecule has 0 aliphatic carbocycles. The van der Waals surface area contributed by atoms with Crippen LogP contribution < -0.4 is 10.9 Å². The van der Waals surface area contributed by atoms with Crippen LogP contribution in [0.2, 0.25) is 0 Å². The van der Waals surface area contributed by atoms with E-state index in [1.54, 1.807) is 37.4 Å². The SMILES string of the molecule is CC[C@@H](C(=O)[C@@H](C)[C@@H](O)[C@H](C)[C@@H]1O[C@@H]([C@@H](CC)C(=O)NNC(=O)c2cccnc2)CCC1C)[C@H]1O[C@]2(C=C[C@@H](O)[C@]3(CC[C@@](C)([C@H]4CC[C@](O)(CC)[C@H](C)O4)O3)O2)[C@H](C)C[C@@H]1C. The third-order valence-electron chi connectivity index (χ3n) is 15.7. The number of amides is 2. The van der Waals surface area contributed by atoms with Gasteiger partial charge in [0.15, 0.2) is 5.79 Å². The predicted octanol–water partition coefficient (Wildman–Crippen LogP) is 5.96. The van der Waals surface area contributed by atoms with Crippen molar-refractivity contribution in [2.75, 3.05) is 0 Å². The first-order chi connectivity index (χ1) is 29.3. The molecular formula is C48H75N3O11. The van der Waals surface area contributed by atoms with Crippen LogP contribution in [-0.4, -0.2) is 103 Å². The molecule has 14 heteroatoms. The van der Waals surface area contributed by atoms with Gasteiger partial charge >= 0.3 is 0 Å². The zero-order chi connectivity index (χ0) is 45.4. The molecule has 5 aliphatic rings. The number of nitrogens with one attached hydrogen (secondary N) is 2. The number of aromatic nitrogens is 1. The van der Waals surface area contributed by atoms with Gasteiger partial charge < -0.3 is 39.0 Å². The maximum absolute atomic E-state index is 14.6. The number of hydrazine groups is 1. The van der Waals surface area contributed by atoms with Crippen LogP contribution >= 0.6 is 0 Å². The van der Waals surface area contributed by atoms with E-state index >= 15 is 0 Å². The highest BCUT2D eigenvalue weighted by molar-refractivity contribution is 5.95. The smallest absolute Gasteiger partial charge is 0.271 e. The van der Waals surface area contributed by atoms with Gasteiger partial charge in [0.25, 0.3) is 5.91 Å². The Balaban J connectivity index is 1.11. The lowest BCUT2D eigenvalue weighted by Gasteiger charge is -2.54. The number of nitrogens with zero attached hydrogens (tertiary/aromatic N) is 1. The normalized spacial score (nSPS) is 41.0. The number of ether oxygens (including phenoxy) is 5. The fourth-order valence-electron chi connectivity index (χ4n) is 11.3. The van der Waals surface area contributed by atoms with Gasteiger partial charge in [-0.3, -0.25) is 30.2 Å². The van der Waals surface area contributed by atoms with Crippen LogP contribution in [0.4, 0.5) is 0 Å². The minimum atomic E-state index is -1.39. The fraction of sp³-hybridized carbons (Fsp3) is 0.792. The molecule has 5 N–H and O–H groups in total. The Morgan fingerprint density at radius 1 is 0.919 bits per heavy atom. The molecule has 0 bridgehead atoms. The number of hydrogen-bond donors (Lipinski definition) is 5. The number of aliphatic hydroxyl groups excluding tert-OH is 2. The number of hydrogen-bond acceptors (Lipinski definition) is 12. The molecule has 2 spiro atoms. The standard InChI is InChI=1S/C48H75N3O11/c1-11-34(44(56)51-50-43(55)33-15-14-24-49-26-33)36-17-16-27(4)41(59-36)31(8)39(53)30(7)40(54)35(12-2)42-28(5)25-29(6)47(60-42)21-18-37(52)48(62-47)23-22-45(10,61-48)38-19-20-46(57,13-3)32(9)58-38/h14-15,18,21,24,26-32,34-39,41-42,52-53,57H,11-13,16-17,19-20,22-23,25H2,1-10H3,(H,50,55)(H,51,56)/t27?,28-,29+,30-,31-,32-,34+,35-,36+,37+,38+,39+,41+,42-,45-,46+,47-,48-/m0/s1. The second-order valence-electron chi connectivity index (χ2n) is 19.8. The Bertz CT molecular complexity index is 1750. The largest absolute Gasteiger partial charge is 0.392 e. The number of ketones is 1. The van der Waals surface area contributed by atoms with Crippen LogP contribution in [0.25, 0.3) is 0 Å². The van der Waals surface area contributed by atoms with Gasteiger partial charge in [-0.25, -0.2) is 0 Å². The maximum Gasteiger partial charge on any atom is 0.271 e. The summed E-state index contributed by atoms with van der Waals surface area (Å²) < 4.78 is 33.9. The minimum Gasteiger partial charge on any atom is -0.392 e. The van der Waals surface area contributed by atoms with Gasteiger partial charge in [0.2, 0.25) is 11.7 Å². The summed E-state index contributed by atoms with van der Waals surface area (Å²) in [7, 11) is 0. The monoisotopic (exact) mass is 870 g/mol. The van der Waals surface area contributed by atoms with E-state index in [1.165, 1.54) is 6.20 Å². The van der Waals surface area contributed by atoms with Crippen LogP contribution in [0.1, 0.15) is 144 Å². The zero-order valence-corrected chi connectivity index (χ0v) is 38.7. The van der Waals surface area contributed by atoms with Crippen molar-refractivity contribution < 1.29 is 53.4 Å². The highest BCUT2D eigenvalue weighted by Crippen LogP contribution is 2.54. The molecule has 4 saturated heterocycles. The molecule has 5 aliphatic heterocycles. The number of carbonyl (C=O) groups is 3. The quantitative estimate of drug-likeness (QED) is 0.116. The van der Waals surface area contributed by atoms with Gasteiger partial charge in [0, 0.05) is 42.5 Å². The van der Waals surface area contributed by atoms with Gasteiger partial charge in [0.1, 0.15) is 11.9 Å². The second kappa shape index (κ2) is 19.3. The summed E-state index contributed by atoms with van der Waals surface area (Å²) in [6.07, 6.45) is 8.20. The van der Waals surface area contributed by atoms with E-state index in [0.717, 1.165) is 6.42 Å². The summed E-state index contributed by atoms with van der Waals surface area (Å²) in [5.74, 6) is -5.93. The molecule has 0 saturated carbocycles. The van der Waals surface area contributed by atoms with Gasteiger partial charge in [-0.05, 0) is 108 Å². The van der Waals surface area contributed by atoms with Gasteiger partial charge in [-0.15, -0.1) is 0 Å². The molecule has 348 valence electrons. The van der Waals surface area contributed by atoms with Crippen molar-refractivity contribution in [3.63, 3.8) is 0 Å². The Morgan fingerprint density at radius 3 is 2.29 bits per heavy atom. The fourth-order valence-corrected chi connectivity index (χ4v) is 11.3. The number of aliphatic hydroxyl groups is 3. The van der Waals surface area contributed by atoms with Crippen molar-refractivity contribution in [1.29, 1.82) is 0 Å². The van der Waals surface area contributed by atoms with E-state index in [0.29, 0.717) is 63.4 Å². The van der Waals surface area contributed by atoms with Crippen molar-refractivity contribution in [1.82, 2.24) is 15.8 Å². The number of carbonyl (C=O) groups excluding carboxylic acids is 3. The number of pyridine rings is 1. The number of Topliss-reactive ketones (excluding diaryl/α,β-unsaturated/α-hetero) is 1. The Kier molecular flexibility index (Phi) is 15.2. The molecule has 1 aromatic heterocycles. The molecule has 0 aromatic carbocycles. The molecule has 6 heterocycles. The van der Waals surface area contributed by atoms with Crippen molar-refractivity contribution in [2.45, 2.75) is 199 Å². The van der Waals surface area contributed by atoms with E-state index in [1.807, 2.05) is 41.5 Å². The highest BCUT2D eigenvalue weighted by Gasteiger charge is 2.63. The third kappa shape index (κ3) is 9.45. The Hall–Kier alpha value is -2.82. The van der Waals surface area contributed by atoms with Crippen LogP contribution in [0.5, 0.6) is 0 Å². The highest BCUT2D eigenvalue weighted by atomic mass is 16.8. The summed E-state index contributed by atoms with van der Waals surface area (Å²) in [6.45, 7) is 19.7. The van der Waals surface area contributed by atoms with Crippen LogP contribution in [-0.2, 0) is 33.3 Å². The van der Waals surface area contributed by atoms with E-state index in [2.05, 4.69) is 36.6 Å². The molecule has 4 fully saturated rings. The molecule has 0 radical (unpaired) electrons. The van der Waals surface area contributed by atoms with Gasteiger partial charge in [-0.2, -0.15) is 0 Å². The molecule has 62 heavy (non-hydrogen) atoms. The summed E-state index contributed by atoms with van der Waals surface area (Å²) in [5, 5.41) is 34.5. The average molecular weight is 870 g/mol. The molecule has 1 aromatic rings. The van der Waals surface area contributed by atoms with E-state index in [4.69, 9.17) is 23.7 Å². The van der Waals surface area contributed by atoms with Crippen LogP contribution in [0.3, 0.4) is 0 Å². The van der Waals surface area contributed by atoms with Crippen LogP contribution in [0, 0.1) is 41.4 Å². The lowest BCUT2D eigenvalue weighted by Crippen LogP contribution is -2.63. The van der Waals surface area contributed by atoms with Crippen molar-refractivity contribution >= 4 is 17.6 Å². The summed E-state index contributed by atoms with van der Waals surface area (Å²) in [5.41, 5.74) is 3.70. The average Bonchev–Trinajstić information content (AvgIpc) is 3.61. The lowest BCUT2D eigenvalue weighted by molar-refractivity contribution is -0.409. The second-order valence-corrected chi connectivity index (χ2v) is 19.8. The predicted molar refractivity (Wildman–Crippen MR) is 231 cm³/mol. The van der Waals surface area contributed by atoms with Gasteiger partial charge in [0.05, 0.1) is 59.3 Å². The Labute approximate surface area is 368 Å². The third-order valence-corrected chi connectivity index (χ3v) is 15.7. The zero-order valence-electron chi connectivity index (χ0n) is 38.7. The van der Waals surface area contributed by atoms with Crippen molar-refractivity contribution in [3.05, 3.63) is 42.2 Å². The van der Waals surface area contributed by atoms with Crippen molar-refractivity contribution in [2.24, 2.45) is 41.4 Å². The topological polar surface area (TPSA) is 195 Å². The summed E-state index contributed by atoms with van der Waals surface area (Å²) in [6, 6.07) is 3.25. The summed E-state index contributed by atoms with van der Waals surface area (Å²) >= 11 is 0. The molecule has 6 rings (SSSR count). The first kappa shape index (κ1) is 48.6. The maximum atomic E-state index is 14.6. The summed E-state index contributed by atoms with van der Waals surface area (Å²) in [4.78, 5) is 44.5. The molecule has 18 atom stereocenters. The first-order valence-electron chi connectivity index (χ1n) is 23.5. The molecular weight excluding hydrogens is 795 g/mol. The molecule has 14 nitrogen and oxygen atoms in total. The molecule has 2 amide bonds. The molecule has 1 unspecified atom stereocenters. The minimum absolute atomic E-state index is 0.0102. The number of rotatable bonds is 13. The first-order valence-corrected chi connectivity index (χ1v) is 23.5. The van der Waals surface area contributed by atoms with Crippen molar-refractivity contribution in [3.8, 4) is 0 Å². The van der Waals surface area contributed by atoms with E-state index in [9.17, 15) is 29.7 Å². The lowest BCUT2D eigenvalue weighted by atomic mass is 9.72. The van der Waals surface area contributed by atoms with E-state index in [-0.39, 0.29) is 41.7 Å². The van der Waals surface area contributed by atoms with Gasteiger partial charge in [-0.1, -0.05) is 55.4 Å². The van der Waals surface area contributed by atoms with E-state index < -0.39 is 82.9 Å². The Morgan fingerprint density at radius 2 is 1.65 bits per heavy atom. The van der Waals surface area contributed by atoms with Crippen LogP contribution in [0.15, 0.2) is 36.7 Å².